The van der Waals surface area contributed by atoms with Crippen molar-refractivity contribution >= 4 is 17.9 Å². The van der Waals surface area contributed by atoms with E-state index in [9.17, 15) is 14.4 Å². The lowest BCUT2D eigenvalue weighted by atomic mass is 10.0. The van der Waals surface area contributed by atoms with Gasteiger partial charge in [0, 0.05) is 13.8 Å². The Hall–Kier alpha value is -3.15. The van der Waals surface area contributed by atoms with Crippen molar-refractivity contribution in [2.45, 2.75) is 20.8 Å². The van der Waals surface area contributed by atoms with Gasteiger partial charge in [0.25, 0.3) is 0 Å². The number of rotatable bonds is 5. The average Bonchev–Trinajstić information content (AvgIpc) is 2.54. The maximum absolute atomic E-state index is 12.1. The van der Waals surface area contributed by atoms with E-state index >= 15 is 0 Å². The van der Waals surface area contributed by atoms with Gasteiger partial charge in [0.2, 0.25) is 0 Å². The number of hydrogen-bond donors (Lipinski definition) is 0. The van der Waals surface area contributed by atoms with E-state index in [0.717, 1.165) is 0 Å². The second-order valence-electron chi connectivity index (χ2n) is 5.12. The standard InChI is InChI=1S/C19H18O6/c1-4-23-19(22)15-10-16(24-12(2)20)18(14-8-6-5-7-9-14)17(11-15)25-13(3)21/h5-11H,4H2,1-3H3. The molecule has 0 aliphatic heterocycles. The van der Waals surface area contributed by atoms with Crippen molar-refractivity contribution in [3.8, 4) is 22.6 Å². The normalized spacial score (nSPS) is 10.0. The van der Waals surface area contributed by atoms with Gasteiger partial charge >= 0.3 is 17.9 Å². The molecule has 0 saturated heterocycles. The average molecular weight is 342 g/mol. The first-order chi connectivity index (χ1) is 11.9. The maximum Gasteiger partial charge on any atom is 0.338 e. The molecule has 0 aliphatic carbocycles. The lowest BCUT2D eigenvalue weighted by Crippen LogP contribution is -2.10. The second kappa shape index (κ2) is 8.10. The van der Waals surface area contributed by atoms with Crippen LogP contribution in [0.3, 0.4) is 0 Å². The van der Waals surface area contributed by atoms with E-state index < -0.39 is 17.9 Å². The van der Waals surface area contributed by atoms with Crippen LogP contribution in [0.25, 0.3) is 11.1 Å². The predicted octanol–water partition coefficient (Wildman–Crippen LogP) is 3.38. The van der Waals surface area contributed by atoms with Crippen LogP contribution in [0.4, 0.5) is 0 Å². The third-order valence-corrected chi connectivity index (χ3v) is 3.15. The molecule has 0 amide bonds. The van der Waals surface area contributed by atoms with Gasteiger partial charge in [-0.25, -0.2) is 4.79 Å². The summed E-state index contributed by atoms with van der Waals surface area (Å²) in [6.07, 6.45) is 0. The van der Waals surface area contributed by atoms with E-state index in [1.807, 2.05) is 6.07 Å². The quantitative estimate of drug-likeness (QED) is 0.612. The molecule has 0 atom stereocenters. The molecule has 0 N–H and O–H groups in total. The summed E-state index contributed by atoms with van der Waals surface area (Å²) in [5.74, 6) is -1.51. The van der Waals surface area contributed by atoms with Crippen molar-refractivity contribution in [3.05, 3.63) is 48.0 Å². The van der Waals surface area contributed by atoms with Gasteiger partial charge in [0.15, 0.2) is 0 Å². The van der Waals surface area contributed by atoms with Gasteiger partial charge in [-0.3, -0.25) is 9.59 Å². The van der Waals surface area contributed by atoms with Gasteiger partial charge in [0.05, 0.1) is 17.7 Å². The van der Waals surface area contributed by atoms with Crippen LogP contribution >= 0.6 is 0 Å². The van der Waals surface area contributed by atoms with Crippen molar-refractivity contribution in [1.82, 2.24) is 0 Å². The van der Waals surface area contributed by atoms with Gasteiger partial charge in [0.1, 0.15) is 11.5 Å². The van der Waals surface area contributed by atoms with Crippen molar-refractivity contribution in [2.24, 2.45) is 0 Å². The molecule has 2 aromatic rings. The number of esters is 3. The van der Waals surface area contributed by atoms with E-state index in [-0.39, 0.29) is 23.7 Å². The van der Waals surface area contributed by atoms with E-state index in [1.54, 1.807) is 31.2 Å². The topological polar surface area (TPSA) is 78.9 Å². The van der Waals surface area contributed by atoms with Crippen molar-refractivity contribution in [1.29, 1.82) is 0 Å². The monoisotopic (exact) mass is 342 g/mol. The highest BCUT2D eigenvalue weighted by Crippen LogP contribution is 2.40. The molecule has 0 bridgehead atoms. The first-order valence-corrected chi connectivity index (χ1v) is 7.69. The molecule has 0 spiro atoms. The van der Waals surface area contributed by atoms with E-state index in [4.69, 9.17) is 14.2 Å². The lowest BCUT2D eigenvalue weighted by molar-refractivity contribution is -0.132. The predicted molar refractivity (Wildman–Crippen MR) is 90.5 cm³/mol. The minimum Gasteiger partial charge on any atom is -0.462 e. The summed E-state index contributed by atoms with van der Waals surface area (Å²) < 4.78 is 15.5. The number of benzene rings is 2. The van der Waals surface area contributed by atoms with Crippen molar-refractivity contribution in [3.63, 3.8) is 0 Å². The third kappa shape index (κ3) is 4.67. The summed E-state index contributed by atoms with van der Waals surface area (Å²) in [5, 5.41) is 0. The van der Waals surface area contributed by atoms with Crippen LogP contribution in [0.2, 0.25) is 0 Å². The van der Waals surface area contributed by atoms with E-state index in [2.05, 4.69) is 0 Å². The Balaban J connectivity index is 2.70. The zero-order chi connectivity index (χ0) is 18.4. The molecule has 2 rings (SSSR count). The first-order valence-electron chi connectivity index (χ1n) is 7.69. The molecule has 6 heteroatoms. The minimum atomic E-state index is -0.607. The molecule has 130 valence electrons. The van der Waals surface area contributed by atoms with Gasteiger partial charge in [-0.2, -0.15) is 0 Å². The molecule has 6 nitrogen and oxygen atoms in total. The van der Waals surface area contributed by atoms with E-state index in [0.29, 0.717) is 11.1 Å². The molecule has 0 radical (unpaired) electrons. The summed E-state index contributed by atoms with van der Waals surface area (Å²) in [4.78, 5) is 35.0. The number of ether oxygens (including phenoxy) is 3. The number of carbonyl (C=O) groups is 3. The third-order valence-electron chi connectivity index (χ3n) is 3.15. The fourth-order valence-corrected chi connectivity index (χ4v) is 2.28. The van der Waals surface area contributed by atoms with Crippen LogP contribution in [0, 0.1) is 0 Å². The fourth-order valence-electron chi connectivity index (χ4n) is 2.28. The summed E-state index contributed by atoms with van der Waals surface area (Å²) in [5.41, 5.74) is 1.19. The summed E-state index contributed by atoms with van der Waals surface area (Å²) in [7, 11) is 0. The molecule has 0 aliphatic rings. The van der Waals surface area contributed by atoms with Crippen LogP contribution in [-0.4, -0.2) is 24.5 Å². The molecular formula is C19H18O6. The van der Waals surface area contributed by atoms with Gasteiger partial charge < -0.3 is 14.2 Å². The molecule has 25 heavy (non-hydrogen) atoms. The molecule has 0 unspecified atom stereocenters. The second-order valence-corrected chi connectivity index (χ2v) is 5.12. The zero-order valence-corrected chi connectivity index (χ0v) is 14.2. The largest absolute Gasteiger partial charge is 0.462 e. The summed E-state index contributed by atoms with van der Waals surface area (Å²) in [6, 6.07) is 11.8. The number of carbonyl (C=O) groups excluding carboxylic acids is 3. The van der Waals surface area contributed by atoms with Crippen LogP contribution in [0.15, 0.2) is 42.5 Å². The highest BCUT2D eigenvalue weighted by Gasteiger charge is 2.21. The van der Waals surface area contributed by atoms with Crippen LogP contribution in [0.5, 0.6) is 11.5 Å². The Morgan fingerprint density at radius 2 is 1.40 bits per heavy atom. The minimum absolute atomic E-state index is 0.112. The highest BCUT2D eigenvalue weighted by molar-refractivity contribution is 5.94. The SMILES string of the molecule is CCOC(=O)c1cc(OC(C)=O)c(-c2ccccc2)c(OC(C)=O)c1. The molecule has 0 heterocycles. The molecular weight excluding hydrogens is 324 g/mol. The molecule has 2 aromatic carbocycles. The smallest absolute Gasteiger partial charge is 0.338 e. The first kappa shape index (κ1) is 18.2. The Labute approximate surface area is 145 Å². The van der Waals surface area contributed by atoms with E-state index in [1.165, 1.54) is 26.0 Å². The van der Waals surface area contributed by atoms with Gasteiger partial charge in [-0.05, 0) is 24.6 Å². The Bertz CT molecular complexity index is 758. The van der Waals surface area contributed by atoms with Crippen LogP contribution in [0.1, 0.15) is 31.1 Å². The van der Waals surface area contributed by atoms with Crippen LogP contribution < -0.4 is 9.47 Å². The molecule has 0 fully saturated rings. The lowest BCUT2D eigenvalue weighted by Gasteiger charge is -2.16. The van der Waals surface area contributed by atoms with Crippen molar-refractivity contribution in [2.75, 3.05) is 6.61 Å². The highest BCUT2D eigenvalue weighted by atomic mass is 16.5. The van der Waals surface area contributed by atoms with Gasteiger partial charge in [-0.15, -0.1) is 0 Å². The van der Waals surface area contributed by atoms with Crippen LogP contribution in [-0.2, 0) is 14.3 Å². The molecule has 0 saturated carbocycles. The fraction of sp³-hybridized carbons (Fsp3) is 0.211. The number of hydrogen-bond acceptors (Lipinski definition) is 6. The Morgan fingerprint density at radius 1 is 0.880 bits per heavy atom. The molecule has 0 aromatic heterocycles. The maximum atomic E-state index is 12.1. The Kier molecular flexibility index (Phi) is 5.89. The summed E-state index contributed by atoms with van der Waals surface area (Å²) >= 11 is 0. The zero-order valence-electron chi connectivity index (χ0n) is 14.2. The van der Waals surface area contributed by atoms with Gasteiger partial charge in [-0.1, -0.05) is 30.3 Å². The van der Waals surface area contributed by atoms with Crippen molar-refractivity contribution < 1.29 is 28.6 Å². The summed E-state index contributed by atoms with van der Waals surface area (Å²) in [6.45, 7) is 4.36. The Morgan fingerprint density at radius 3 is 1.84 bits per heavy atom.